The molecule has 0 spiro atoms. The Labute approximate surface area is 369 Å². The number of para-hydroxylation sites is 1. The summed E-state index contributed by atoms with van der Waals surface area (Å²) in [6.45, 7) is 5.70. The van der Waals surface area contributed by atoms with Crippen LogP contribution in [0.15, 0.2) is 71.7 Å². The molecule has 6 N–H and O–H groups in total. The Balaban J connectivity index is 0.000000162. The van der Waals surface area contributed by atoms with Gasteiger partial charge in [-0.05, 0) is 81.2 Å². The first-order valence-electron chi connectivity index (χ1n) is 21.6. The number of nitrogen functional groups attached to an aromatic ring is 2. The van der Waals surface area contributed by atoms with E-state index in [1.807, 2.05) is 57.3 Å². The van der Waals surface area contributed by atoms with E-state index in [2.05, 4.69) is 26.2 Å². The fraction of sp³-hybridized carbons (Fsp3) is 0.333. The molecular formula is C48H51FN12O3. The van der Waals surface area contributed by atoms with Gasteiger partial charge in [-0.3, -0.25) is 13.6 Å². The number of anilines is 2. The Morgan fingerprint density at radius 3 is 2.19 bits per heavy atom. The van der Waals surface area contributed by atoms with Crippen LogP contribution < -0.4 is 16.8 Å². The number of nitrogens with one attached hydrogen (secondary N) is 2. The number of imidazole rings is 2. The van der Waals surface area contributed by atoms with Crippen molar-refractivity contribution in [1.82, 2.24) is 48.8 Å². The maximum Gasteiger partial charge on any atom is 0.319 e. The summed E-state index contributed by atoms with van der Waals surface area (Å²) in [6, 6.07) is 12.8. The van der Waals surface area contributed by atoms with E-state index in [0.29, 0.717) is 82.0 Å². The molecule has 16 heteroatoms. The lowest BCUT2D eigenvalue weighted by molar-refractivity contribution is -0.119. The zero-order valence-electron chi connectivity index (χ0n) is 36.4. The van der Waals surface area contributed by atoms with E-state index < -0.39 is 0 Å². The van der Waals surface area contributed by atoms with Crippen LogP contribution in [0.4, 0.5) is 20.8 Å². The topological polar surface area (TPSA) is 194 Å². The van der Waals surface area contributed by atoms with Crippen LogP contribution in [0.25, 0.3) is 55.7 Å². The number of aromatic nitrogens is 7. The molecule has 0 atom stereocenters. The van der Waals surface area contributed by atoms with Gasteiger partial charge in [0, 0.05) is 93.6 Å². The number of H-pyrrole nitrogens is 1. The highest BCUT2D eigenvalue weighted by atomic mass is 19.1. The molecule has 64 heavy (non-hydrogen) atoms. The summed E-state index contributed by atoms with van der Waals surface area (Å²) in [4.78, 5) is 48.9. The van der Waals surface area contributed by atoms with Gasteiger partial charge in [0.05, 0.1) is 11.2 Å². The van der Waals surface area contributed by atoms with Crippen LogP contribution in [-0.4, -0.2) is 89.2 Å². The maximum atomic E-state index is 14.5. The van der Waals surface area contributed by atoms with Crippen molar-refractivity contribution in [2.75, 3.05) is 45.2 Å². The fourth-order valence-electron chi connectivity index (χ4n) is 9.39. The molecule has 1 aliphatic heterocycles. The van der Waals surface area contributed by atoms with E-state index >= 15 is 0 Å². The summed E-state index contributed by atoms with van der Waals surface area (Å²) in [7, 11) is 3.57. The number of hydrogen-bond donors (Lipinski definition) is 4. The van der Waals surface area contributed by atoms with Gasteiger partial charge in [-0.15, -0.1) is 6.42 Å². The largest absolute Gasteiger partial charge is 0.454 e. The fourth-order valence-corrected chi connectivity index (χ4v) is 9.39. The first kappa shape index (κ1) is 41.9. The molecule has 3 amide bonds. The zero-order chi connectivity index (χ0) is 44.8. The summed E-state index contributed by atoms with van der Waals surface area (Å²) in [5, 5.41) is 4.38. The average molecular weight is 863 g/mol. The number of piperidine rings is 1. The number of terminal acetylenes is 1. The number of likely N-dealkylation sites (tertiary alicyclic amines) is 1. The number of nitrogens with two attached hydrogens (primary N) is 2. The van der Waals surface area contributed by atoms with Crippen LogP contribution in [0.2, 0.25) is 0 Å². The molecule has 10 rings (SSSR count). The van der Waals surface area contributed by atoms with Crippen molar-refractivity contribution in [2.24, 2.45) is 5.92 Å². The van der Waals surface area contributed by atoms with Gasteiger partial charge >= 0.3 is 6.03 Å². The highest BCUT2D eigenvalue weighted by Gasteiger charge is 2.31. The Bertz CT molecular complexity index is 3100. The van der Waals surface area contributed by atoms with Gasteiger partial charge in [-0.25, -0.2) is 29.1 Å². The number of nitrogens with zero attached hydrogens (tertiary/aromatic N) is 8. The lowest BCUT2D eigenvalue weighted by atomic mass is 9.81. The second-order valence-electron chi connectivity index (χ2n) is 17.1. The molecule has 0 unspecified atom stereocenters. The number of halogens is 1. The van der Waals surface area contributed by atoms with Crippen molar-refractivity contribution in [3.8, 4) is 35.2 Å². The van der Waals surface area contributed by atoms with Gasteiger partial charge in [0.1, 0.15) is 57.1 Å². The minimum atomic E-state index is -0.348. The number of amides is 3. The van der Waals surface area contributed by atoms with Crippen LogP contribution in [0.1, 0.15) is 80.1 Å². The Morgan fingerprint density at radius 2 is 1.56 bits per heavy atom. The van der Waals surface area contributed by atoms with Gasteiger partial charge in [-0.1, -0.05) is 24.1 Å². The molecule has 328 valence electrons. The average Bonchev–Trinajstić information content (AvgIpc) is 4.10. The van der Waals surface area contributed by atoms with E-state index in [4.69, 9.17) is 32.3 Å². The first-order valence-corrected chi connectivity index (χ1v) is 21.6. The summed E-state index contributed by atoms with van der Waals surface area (Å²) >= 11 is 0. The predicted octanol–water partition coefficient (Wildman–Crippen LogP) is 7.88. The van der Waals surface area contributed by atoms with Gasteiger partial charge in [0.2, 0.25) is 5.91 Å². The molecule has 1 aliphatic carbocycles. The Kier molecular flexibility index (Phi) is 11.2. The van der Waals surface area contributed by atoms with Crippen molar-refractivity contribution in [2.45, 2.75) is 64.2 Å². The third-order valence-corrected chi connectivity index (χ3v) is 12.7. The second kappa shape index (κ2) is 17.0. The van der Waals surface area contributed by atoms with E-state index in [9.17, 15) is 14.0 Å². The van der Waals surface area contributed by atoms with E-state index in [1.165, 1.54) is 6.07 Å². The molecule has 2 fully saturated rings. The smallest absolute Gasteiger partial charge is 0.319 e. The second-order valence-corrected chi connectivity index (χ2v) is 17.1. The van der Waals surface area contributed by atoms with Gasteiger partial charge in [-0.2, -0.15) is 0 Å². The van der Waals surface area contributed by atoms with Crippen molar-refractivity contribution in [1.29, 1.82) is 0 Å². The molecular weight excluding hydrogens is 812 g/mol. The molecule has 7 heterocycles. The quantitative estimate of drug-likeness (QED) is 0.120. The number of carbonyl (C=O) groups excluding carboxylic acids is 2. The van der Waals surface area contributed by atoms with Crippen LogP contribution in [0.3, 0.4) is 0 Å². The number of urea groups is 1. The molecule has 15 nitrogen and oxygen atoms in total. The summed E-state index contributed by atoms with van der Waals surface area (Å²) in [6.07, 6.45) is 18.4. The Morgan fingerprint density at radius 1 is 0.922 bits per heavy atom. The number of furan rings is 1. The normalized spacial score (nSPS) is 16.8. The maximum absolute atomic E-state index is 14.5. The third-order valence-electron chi connectivity index (χ3n) is 12.7. The standard InChI is InChI=1S/C25H25FN6O.C23H26N6O2/c1-3-16-8-9-19(26)18-12-20(30-21(16)18)22-23-24(27)28-10-11-32(23)25(31-22)17-6-4-15(5-7-17)13-29-14(2)33;1-14-5-4-6-16-13-17(31-20(14)16)18-19-21(24)25-9-12-29(19)22(26-18)15-7-10-28(11-8-15)23(30)27(2)3/h1,8-12,15,17,30H,4-7,13H2,2H3,(H2,27,28)(H,29,33);4-6,9,12-13,15H,7-8,10-11H2,1-3H3,(H2,24,25). The zero-order valence-corrected chi connectivity index (χ0v) is 36.4. The third kappa shape index (κ3) is 7.71. The molecule has 1 saturated heterocycles. The molecule has 6 aromatic heterocycles. The van der Waals surface area contributed by atoms with Crippen LogP contribution >= 0.6 is 0 Å². The van der Waals surface area contributed by atoms with Crippen LogP contribution in [0, 0.1) is 31.0 Å². The van der Waals surface area contributed by atoms with Crippen molar-refractivity contribution in [3.63, 3.8) is 0 Å². The number of rotatable bonds is 6. The number of aromatic amines is 1. The lowest BCUT2D eigenvalue weighted by Crippen LogP contribution is -2.43. The number of hydrogen-bond acceptors (Lipinski definition) is 9. The monoisotopic (exact) mass is 862 g/mol. The molecule has 2 aromatic carbocycles. The predicted molar refractivity (Wildman–Crippen MR) is 246 cm³/mol. The summed E-state index contributed by atoms with van der Waals surface area (Å²) in [5.74, 6) is 6.54. The lowest BCUT2D eigenvalue weighted by Gasteiger charge is -2.33. The molecule has 8 aromatic rings. The summed E-state index contributed by atoms with van der Waals surface area (Å²) < 4.78 is 24.7. The number of benzene rings is 2. The molecule has 1 saturated carbocycles. The van der Waals surface area contributed by atoms with Crippen molar-refractivity contribution < 1.29 is 18.4 Å². The van der Waals surface area contributed by atoms with E-state index in [-0.39, 0.29) is 29.6 Å². The minimum Gasteiger partial charge on any atom is -0.454 e. The molecule has 0 radical (unpaired) electrons. The summed E-state index contributed by atoms with van der Waals surface area (Å²) in [5.41, 5.74) is 19.1. The van der Waals surface area contributed by atoms with Crippen LogP contribution in [0.5, 0.6) is 0 Å². The van der Waals surface area contributed by atoms with E-state index in [0.717, 1.165) is 72.2 Å². The number of aryl methyl sites for hydroxylation is 1. The number of carbonyl (C=O) groups is 2. The van der Waals surface area contributed by atoms with E-state index in [1.54, 1.807) is 50.4 Å². The first-order chi connectivity index (χ1) is 30.9. The Hall–Kier alpha value is -7.41. The SMILES string of the molecule is C#Cc1ccc(F)c2cc(-c3nc(C4CCC(CNC(C)=O)CC4)n4ccnc(N)c34)[nH]c12.Cc1cccc2cc(-c3nc(C4CCN(C(=O)N(C)C)CC4)n4ccnc(N)c34)oc12. The highest BCUT2D eigenvalue weighted by Crippen LogP contribution is 2.40. The highest BCUT2D eigenvalue weighted by molar-refractivity contribution is 5.94. The van der Waals surface area contributed by atoms with Gasteiger partial charge in [0.15, 0.2) is 5.76 Å². The van der Waals surface area contributed by atoms with Crippen molar-refractivity contribution >= 4 is 56.5 Å². The molecule has 0 bridgehead atoms. The van der Waals surface area contributed by atoms with Crippen LogP contribution in [-0.2, 0) is 4.79 Å². The van der Waals surface area contributed by atoms with Gasteiger partial charge < -0.3 is 36.0 Å². The van der Waals surface area contributed by atoms with Gasteiger partial charge in [0.25, 0.3) is 0 Å². The minimum absolute atomic E-state index is 0.00626. The van der Waals surface area contributed by atoms with Crippen molar-refractivity contribution in [3.05, 3.63) is 95.8 Å². The number of fused-ring (bicyclic) bond motifs is 4. The molecule has 2 aliphatic rings.